The molecule has 23 heavy (non-hydrogen) atoms. The highest BCUT2D eigenvalue weighted by atomic mass is 32.2. The lowest BCUT2D eigenvalue weighted by atomic mass is 10.0. The summed E-state index contributed by atoms with van der Waals surface area (Å²) in [7, 11) is 1.38. The van der Waals surface area contributed by atoms with E-state index >= 15 is 0 Å². The van der Waals surface area contributed by atoms with E-state index in [2.05, 4.69) is 4.72 Å². The number of esters is 1. The van der Waals surface area contributed by atoms with Gasteiger partial charge < -0.3 is 14.0 Å². The van der Waals surface area contributed by atoms with Crippen molar-refractivity contribution in [2.75, 3.05) is 13.7 Å². The van der Waals surface area contributed by atoms with Gasteiger partial charge in [0.2, 0.25) is 0 Å². The van der Waals surface area contributed by atoms with Crippen molar-refractivity contribution in [2.24, 2.45) is 0 Å². The van der Waals surface area contributed by atoms with Crippen LogP contribution in [0.3, 0.4) is 0 Å². The molecule has 130 valence electrons. The molecule has 2 atom stereocenters. The zero-order chi connectivity index (χ0) is 17.6. The lowest BCUT2D eigenvalue weighted by molar-refractivity contribution is -0.143. The van der Waals surface area contributed by atoms with Crippen molar-refractivity contribution in [1.29, 1.82) is 0 Å². The number of nitrogens with one attached hydrogen (secondary N) is 1. The van der Waals surface area contributed by atoms with Crippen LogP contribution in [0.25, 0.3) is 0 Å². The van der Waals surface area contributed by atoms with Gasteiger partial charge in [-0.25, -0.2) is 4.39 Å². The predicted octanol–water partition coefficient (Wildman–Crippen LogP) is 2.88. The van der Waals surface area contributed by atoms with E-state index in [-0.39, 0.29) is 18.8 Å². The molecular weight excluding hydrogens is 321 g/mol. The second kappa shape index (κ2) is 8.52. The molecule has 0 amide bonds. The fraction of sp³-hybridized carbons (Fsp3) is 0.562. The third-order valence-electron chi connectivity index (χ3n) is 3.06. The molecule has 1 rings (SSSR count). The maximum atomic E-state index is 13.9. The first-order chi connectivity index (χ1) is 10.7. The van der Waals surface area contributed by atoms with E-state index in [4.69, 9.17) is 9.47 Å². The van der Waals surface area contributed by atoms with Gasteiger partial charge >= 0.3 is 5.97 Å². The fourth-order valence-corrected chi connectivity index (χ4v) is 2.65. The van der Waals surface area contributed by atoms with E-state index < -0.39 is 33.9 Å². The molecule has 0 saturated heterocycles. The van der Waals surface area contributed by atoms with E-state index in [0.29, 0.717) is 5.56 Å². The minimum atomic E-state index is -1.41. The van der Waals surface area contributed by atoms with Gasteiger partial charge in [-0.3, -0.25) is 4.79 Å². The first-order valence-electron chi connectivity index (χ1n) is 7.36. The van der Waals surface area contributed by atoms with Crippen molar-refractivity contribution in [2.45, 2.75) is 44.9 Å². The van der Waals surface area contributed by atoms with Crippen LogP contribution in [0, 0.1) is 5.82 Å². The summed E-state index contributed by atoms with van der Waals surface area (Å²) in [6.07, 6.45) is -0.0402. The van der Waals surface area contributed by atoms with Gasteiger partial charge in [-0.1, -0.05) is 6.07 Å². The van der Waals surface area contributed by atoms with Crippen molar-refractivity contribution in [1.82, 2.24) is 4.72 Å². The number of benzene rings is 1. The third kappa shape index (κ3) is 6.01. The normalized spacial score (nSPS) is 14.2. The Morgan fingerprint density at radius 3 is 2.57 bits per heavy atom. The largest absolute Gasteiger partial charge is 0.598 e. The number of carbonyl (C=O) groups excluding carboxylic acids is 1. The number of halogens is 1. The summed E-state index contributed by atoms with van der Waals surface area (Å²) in [4.78, 5) is 11.8. The van der Waals surface area contributed by atoms with Gasteiger partial charge in [0.05, 0.1) is 26.2 Å². The predicted molar refractivity (Wildman–Crippen MR) is 88.0 cm³/mol. The molecule has 0 saturated carbocycles. The van der Waals surface area contributed by atoms with Gasteiger partial charge in [0.1, 0.15) is 4.75 Å². The lowest BCUT2D eigenvalue weighted by Gasteiger charge is -2.28. The molecule has 0 heterocycles. The first-order valence-corrected chi connectivity index (χ1v) is 8.51. The Hall–Kier alpha value is -1.31. The van der Waals surface area contributed by atoms with E-state index in [1.807, 2.05) is 20.8 Å². The molecule has 0 spiro atoms. The smallest absolute Gasteiger partial charge is 0.307 e. The zero-order valence-electron chi connectivity index (χ0n) is 14.1. The molecule has 0 aliphatic heterocycles. The molecule has 0 fully saturated rings. The Labute approximate surface area is 139 Å². The number of hydrogen-bond acceptors (Lipinski definition) is 5. The second-order valence-electron chi connectivity index (χ2n) is 5.95. The maximum absolute atomic E-state index is 13.9. The molecule has 1 N–H and O–H groups in total. The van der Waals surface area contributed by atoms with E-state index in [1.165, 1.54) is 19.2 Å². The Bertz CT molecular complexity index is 533. The van der Waals surface area contributed by atoms with Crippen molar-refractivity contribution in [3.8, 4) is 5.75 Å². The topological polar surface area (TPSA) is 70.6 Å². The molecule has 0 aromatic heterocycles. The van der Waals surface area contributed by atoms with Crippen molar-refractivity contribution in [3.63, 3.8) is 0 Å². The quantitative estimate of drug-likeness (QED) is 0.608. The average molecular weight is 345 g/mol. The van der Waals surface area contributed by atoms with Crippen LogP contribution in [-0.2, 0) is 20.9 Å². The zero-order valence-corrected chi connectivity index (χ0v) is 15.0. The van der Waals surface area contributed by atoms with Gasteiger partial charge in [-0.2, -0.15) is 0 Å². The van der Waals surface area contributed by atoms with Crippen molar-refractivity contribution in [3.05, 3.63) is 29.6 Å². The lowest BCUT2D eigenvalue weighted by Crippen LogP contribution is -2.42. The number of rotatable bonds is 7. The molecule has 5 nitrogen and oxygen atoms in total. The summed E-state index contributed by atoms with van der Waals surface area (Å²) >= 11 is -1.41. The maximum Gasteiger partial charge on any atom is 0.307 e. The highest BCUT2D eigenvalue weighted by Crippen LogP contribution is 2.26. The van der Waals surface area contributed by atoms with Crippen LogP contribution in [0.15, 0.2) is 18.2 Å². The van der Waals surface area contributed by atoms with E-state index in [0.717, 1.165) is 0 Å². The first kappa shape index (κ1) is 19.7. The van der Waals surface area contributed by atoms with Gasteiger partial charge in [0.25, 0.3) is 0 Å². The van der Waals surface area contributed by atoms with Crippen LogP contribution in [0.1, 0.15) is 45.7 Å². The summed E-state index contributed by atoms with van der Waals surface area (Å²) in [6.45, 7) is 7.40. The average Bonchev–Trinajstić information content (AvgIpc) is 2.45. The Balaban J connectivity index is 3.02. The molecule has 0 aliphatic rings. The Morgan fingerprint density at radius 1 is 1.43 bits per heavy atom. The summed E-state index contributed by atoms with van der Waals surface area (Å²) in [5.74, 6) is -0.866. The van der Waals surface area contributed by atoms with Gasteiger partial charge in [0.15, 0.2) is 11.6 Å². The van der Waals surface area contributed by atoms with Gasteiger partial charge in [-0.15, -0.1) is 4.72 Å². The Morgan fingerprint density at radius 2 is 2.09 bits per heavy atom. The molecule has 1 aromatic carbocycles. The summed E-state index contributed by atoms with van der Waals surface area (Å²) < 4.78 is 38.5. The van der Waals surface area contributed by atoms with Crippen LogP contribution >= 0.6 is 0 Å². The Kier molecular flexibility index (Phi) is 7.31. The number of methoxy groups -OCH3 is 1. The van der Waals surface area contributed by atoms with E-state index in [1.54, 1.807) is 13.0 Å². The van der Waals surface area contributed by atoms with Crippen LogP contribution in [0.2, 0.25) is 0 Å². The molecule has 7 heteroatoms. The van der Waals surface area contributed by atoms with Crippen LogP contribution in [-0.4, -0.2) is 29.0 Å². The highest BCUT2D eigenvalue weighted by Gasteiger charge is 2.31. The monoisotopic (exact) mass is 345 g/mol. The third-order valence-corrected chi connectivity index (χ3v) is 4.67. The molecule has 1 unspecified atom stereocenters. The highest BCUT2D eigenvalue weighted by molar-refractivity contribution is 7.90. The molecule has 0 radical (unpaired) electrons. The molecule has 0 aliphatic carbocycles. The number of hydrogen-bond donors (Lipinski definition) is 1. The molecule has 1 aromatic rings. The van der Waals surface area contributed by atoms with Crippen LogP contribution in [0.4, 0.5) is 4.39 Å². The second-order valence-corrected chi connectivity index (χ2v) is 7.95. The number of carbonyl (C=O) groups is 1. The molecule has 0 bridgehead atoms. The van der Waals surface area contributed by atoms with E-state index in [9.17, 15) is 13.7 Å². The summed E-state index contributed by atoms with van der Waals surface area (Å²) in [6, 6.07) is 3.77. The minimum absolute atomic E-state index is 0.0402. The minimum Gasteiger partial charge on any atom is -0.598 e. The van der Waals surface area contributed by atoms with Gasteiger partial charge in [0, 0.05) is 11.4 Å². The fourth-order valence-electron chi connectivity index (χ4n) is 1.82. The standard InChI is InChI=1S/C16H24FNO4S/c1-6-22-15(19)10-13(18-23(20)16(2,3)4)11-7-8-14(21-5)12(17)9-11/h7-9,13,18H,6,10H2,1-5H3/t13-,23?/m0/s1. The summed E-state index contributed by atoms with van der Waals surface area (Å²) in [5.41, 5.74) is 0.508. The van der Waals surface area contributed by atoms with Crippen LogP contribution in [0.5, 0.6) is 5.75 Å². The number of ether oxygens (including phenoxy) is 2. The SMILES string of the molecule is CCOC(=O)C[C@H](N[S+]([O-])C(C)(C)C)c1ccc(OC)c(F)c1. The van der Waals surface area contributed by atoms with Gasteiger partial charge in [-0.05, 0) is 45.4 Å². The van der Waals surface area contributed by atoms with Crippen LogP contribution < -0.4 is 9.46 Å². The molecular formula is C16H24FNO4S. The van der Waals surface area contributed by atoms with Crippen molar-refractivity contribution < 1.29 is 23.2 Å². The summed E-state index contributed by atoms with van der Waals surface area (Å²) in [5, 5.41) is 0. The van der Waals surface area contributed by atoms with Crippen molar-refractivity contribution >= 4 is 17.3 Å².